The molecule has 0 spiro atoms. The van der Waals surface area contributed by atoms with Crippen LogP contribution in [0.5, 0.6) is 0 Å². The van der Waals surface area contributed by atoms with Crippen molar-refractivity contribution in [1.29, 1.82) is 0 Å². The van der Waals surface area contributed by atoms with Gasteiger partial charge in [-0.1, -0.05) is 31.1 Å². The van der Waals surface area contributed by atoms with E-state index in [1.807, 2.05) is 39.8 Å². The van der Waals surface area contributed by atoms with Crippen LogP contribution in [-0.4, -0.2) is 36.0 Å². The number of hydrogen-bond donors (Lipinski definition) is 1. The second-order valence-corrected chi connectivity index (χ2v) is 7.90. The van der Waals surface area contributed by atoms with Gasteiger partial charge in [0, 0.05) is 35.6 Å². The minimum absolute atomic E-state index is 0.201. The van der Waals surface area contributed by atoms with Crippen molar-refractivity contribution in [1.82, 2.24) is 30.1 Å². The Morgan fingerprint density at radius 1 is 1.20 bits per heavy atom. The first-order chi connectivity index (χ1) is 14.3. The van der Waals surface area contributed by atoms with Crippen molar-refractivity contribution in [2.75, 3.05) is 5.32 Å². The van der Waals surface area contributed by atoms with Crippen LogP contribution >= 0.6 is 0 Å². The molecule has 4 heterocycles. The van der Waals surface area contributed by atoms with E-state index in [0.29, 0.717) is 34.2 Å². The van der Waals surface area contributed by atoms with E-state index in [2.05, 4.69) is 30.8 Å². The number of carbonyl (C=O) groups excluding carboxylic acids is 1. The molecule has 0 aliphatic rings. The molecular weight excluding hydrogens is 382 g/mol. The predicted molar refractivity (Wildman–Crippen MR) is 110 cm³/mol. The van der Waals surface area contributed by atoms with Gasteiger partial charge < -0.3 is 9.84 Å². The molecule has 0 fully saturated rings. The zero-order chi connectivity index (χ0) is 21.3. The summed E-state index contributed by atoms with van der Waals surface area (Å²) in [5.74, 6) is 0.697. The Balaban J connectivity index is 1.58. The fourth-order valence-electron chi connectivity index (χ4n) is 2.78. The molecule has 152 valence electrons. The normalized spacial score (nSPS) is 11.5. The molecule has 1 N–H and O–H groups in total. The highest BCUT2D eigenvalue weighted by molar-refractivity contribution is 6.03. The molecular formula is C21H21N7O2. The number of rotatable bonds is 4. The minimum atomic E-state index is -0.342. The highest BCUT2D eigenvalue weighted by Crippen LogP contribution is 2.25. The molecule has 0 aliphatic carbocycles. The maximum atomic E-state index is 12.7. The quantitative estimate of drug-likeness (QED) is 0.554. The maximum absolute atomic E-state index is 12.7. The van der Waals surface area contributed by atoms with Crippen LogP contribution in [-0.2, 0) is 5.41 Å². The van der Waals surface area contributed by atoms with Gasteiger partial charge in [0.15, 0.2) is 5.82 Å². The van der Waals surface area contributed by atoms with Gasteiger partial charge in [-0.25, -0.2) is 4.68 Å². The van der Waals surface area contributed by atoms with Crippen molar-refractivity contribution >= 4 is 11.7 Å². The van der Waals surface area contributed by atoms with Gasteiger partial charge in [-0.2, -0.15) is 0 Å². The van der Waals surface area contributed by atoms with Gasteiger partial charge in [0.25, 0.3) is 5.91 Å². The fourth-order valence-corrected chi connectivity index (χ4v) is 2.78. The summed E-state index contributed by atoms with van der Waals surface area (Å²) in [6.07, 6.45) is 6.70. The zero-order valence-electron chi connectivity index (χ0n) is 17.1. The average Bonchev–Trinajstić information content (AvgIpc) is 3.38. The number of aryl methyl sites for hydroxylation is 1. The summed E-state index contributed by atoms with van der Waals surface area (Å²) in [7, 11) is 0. The summed E-state index contributed by atoms with van der Waals surface area (Å²) in [5, 5.41) is 15.0. The lowest BCUT2D eigenvalue weighted by Crippen LogP contribution is -2.14. The molecule has 0 bridgehead atoms. The molecule has 9 nitrogen and oxygen atoms in total. The Kier molecular flexibility index (Phi) is 4.86. The first kappa shape index (κ1) is 19.4. The van der Waals surface area contributed by atoms with Crippen molar-refractivity contribution < 1.29 is 9.32 Å². The molecule has 0 saturated heterocycles. The van der Waals surface area contributed by atoms with Gasteiger partial charge in [0.05, 0.1) is 23.1 Å². The van der Waals surface area contributed by atoms with E-state index >= 15 is 0 Å². The highest BCUT2D eigenvalue weighted by Gasteiger charge is 2.21. The second-order valence-electron chi connectivity index (χ2n) is 7.90. The number of nitrogens with one attached hydrogen (secondary N) is 1. The lowest BCUT2D eigenvalue weighted by Gasteiger charge is -2.12. The average molecular weight is 403 g/mol. The van der Waals surface area contributed by atoms with Crippen molar-refractivity contribution in [2.24, 2.45) is 0 Å². The number of hydrogen-bond acceptors (Lipinski definition) is 7. The summed E-state index contributed by atoms with van der Waals surface area (Å²) in [4.78, 5) is 21.1. The van der Waals surface area contributed by atoms with Gasteiger partial charge in [0.2, 0.25) is 0 Å². The van der Waals surface area contributed by atoms with Crippen LogP contribution in [0.25, 0.3) is 16.9 Å². The number of anilines is 1. The van der Waals surface area contributed by atoms with Crippen molar-refractivity contribution in [2.45, 2.75) is 33.1 Å². The fraction of sp³-hybridized carbons (Fsp3) is 0.238. The number of nitrogens with zero attached hydrogens (tertiary/aromatic N) is 6. The van der Waals surface area contributed by atoms with Gasteiger partial charge in [0.1, 0.15) is 11.5 Å². The molecule has 4 aromatic heterocycles. The number of carbonyl (C=O) groups is 1. The molecule has 0 unspecified atom stereocenters. The lowest BCUT2D eigenvalue weighted by molar-refractivity contribution is 0.102. The molecule has 0 aromatic carbocycles. The van der Waals surface area contributed by atoms with Gasteiger partial charge >= 0.3 is 0 Å². The van der Waals surface area contributed by atoms with Crippen LogP contribution in [0.4, 0.5) is 5.82 Å². The van der Waals surface area contributed by atoms with Crippen molar-refractivity contribution in [3.05, 3.63) is 66.1 Å². The second kappa shape index (κ2) is 7.51. The molecule has 0 radical (unpaired) electrons. The third-order valence-electron chi connectivity index (χ3n) is 4.51. The van der Waals surface area contributed by atoms with Gasteiger partial charge in [-0.3, -0.25) is 14.8 Å². The van der Waals surface area contributed by atoms with Crippen LogP contribution < -0.4 is 5.32 Å². The Morgan fingerprint density at radius 2 is 2.03 bits per heavy atom. The van der Waals surface area contributed by atoms with E-state index in [-0.39, 0.29) is 11.3 Å². The third-order valence-corrected chi connectivity index (χ3v) is 4.51. The van der Waals surface area contributed by atoms with E-state index in [0.717, 1.165) is 5.56 Å². The highest BCUT2D eigenvalue weighted by atomic mass is 16.5. The van der Waals surface area contributed by atoms with Gasteiger partial charge in [-0.15, -0.1) is 5.10 Å². The SMILES string of the molecule is Cc1ncc(C(=O)Nc2cc(C(C)(C)C)on2)cc1-n1cc(-c2cccnc2)nn1. The maximum Gasteiger partial charge on any atom is 0.258 e. The molecule has 4 rings (SSSR count). The third kappa shape index (κ3) is 3.95. The number of amides is 1. The van der Waals surface area contributed by atoms with Gasteiger partial charge in [-0.05, 0) is 25.1 Å². The molecule has 0 saturated carbocycles. The molecule has 30 heavy (non-hydrogen) atoms. The minimum Gasteiger partial charge on any atom is -0.359 e. The summed E-state index contributed by atoms with van der Waals surface area (Å²) >= 11 is 0. The Hall–Kier alpha value is -3.88. The molecule has 0 atom stereocenters. The Bertz CT molecular complexity index is 1190. The summed E-state index contributed by atoms with van der Waals surface area (Å²) in [6.45, 7) is 7.86. The van der Waals surface area contributed by atoms with Crippen LogP contribution in [0.2, 0.25) is 0 Å². The summed E-state index contributed by atoms with van der Waals surface area (Å²) < 4.78 is 6.91. The first-order valence-electron chi connectivity index (χ1n) is 9.39. The first-order valence-corrected chi connectivity index (χ1v) is 9.39. The van der Waals surface area contributed by atoms with Crippen molar-refractivity contribution in [3.8, 4) is 16.9 Å². The standard InChI is InChI=1S/C21H21N7O2/c1-13-17(28-12-16(25-27-28)14-6-5-7-22-10-14)8-15(11-23-13)20(29)24-19-9-18(30-26-19)21(2,3)4/h5-12H,1-4H3,(H,24,26,29). The molecule has 1 amide bonds. The van der Waals surface area contributed by atoms with E-state index in [1.165, 1.54) is 6.20 Å². The largest absolute Gasteiger partial charge is 0.359 e. The van der Waals surface area contributed by atoms with E-state index in [1.54, 1.807) is 35.4 Å². The van der Waals surface area contributed by atoms with Crippen LogP contribution in [0.15, 0.2) is 53.6 Å². The Labute approximate surface area is 173 Å². The summed E-state index contributed by atoms with van der Waals surface area (Å²) in [5.41, 5.74) is 3.06. The number of aromatic nitrogens is 6. The summed E-state index contributed by atoms with van der Waals surface area (Å²) in [6, 6.07) is 7.17. The number of pyridine rings is 2. The van der Waals surface area contributed by atoms with Crippen LogP contribution in [0.3, 0.4) is 0 Å². The monoisotopic (exact) mass is 403 g/mol. The van der Waals surface area contributed by atoms with E-state index < -0.39 is 0 Å². The smallest absolute Gasteiger partial charge is 0.258 e. The zero-order valence-corrected chi connectivity index (χ0v) is 17.1. The van der Waals surface area contributed by atoms with Crippen LogP contribution in [0.1, 0.15) is 42.6 Å². The Morgan fingerprint density at radius 3 is 2.73 bits per heavy atom. The van der Waals surface area contributed by atoms with Crippen molar-refractivity contribution in [3.63, 3.8) is 0 Å². The molecule has 9 heteroatoms. The lowest BCUT2D eigenvalue weighted by atomic mass is 9.93. The predicted octanol–water partition coefficient (Wildman–Crippen LogP) is 3.57. The van der Waals surface area contributed by atoms with Crippen LogP contribution in [0, 0.1) is 6.92 Å². The molecule has 0 aliphatic heterocycles. The topological polar surface area (TPSA) is 112 Å². The van der Waals surface area contributed by atoms with E-state index in [4.69, 9.17) is 4.52 Å². The molecule has 4 aromatic rings. The van der Waals surface area contributed by atoms with E-state index in [9.17, 15) is 4.79 Å².